The van der Waals surface area contributed by atoms with E-state index < -0.39 is 5.69 Å². The molecule has 0 spiro atoms. The number of thioether (sulfide) groups is 1. The lowest BCUT2D eigenvalue weighted by Gasteiger charge is -2.19. The normalized spacial score (nSPS) is 13.9. The summed E-state index contributed by atoms with van der Waals surface area (Å²) in [6.45, 7) is 0.599. The van der Waals surface area contributed by atoms with Crippen molar-refractivity contribution in [3.63, 3.8) is 0 Å². The molecule has 0 radical (unpaired) electrons. The first-order chi connectivity index (χ1) is 10.3. The number of rotatable bonds is 4. The van der Waals surface area contributed by atoms with Crippen LogP contribution in [-0.2, 0) is 24.5 Å². The van der Waals surface area contributed by atoms with Crippen molar-refractivity contribution in [2.24, 2.45) is 0 Å². The van der Waals surface area contributed by atoms with Crippen LogP contribution in [0.2, 0.25) is 0 Å². The van der Waals surface area contributed by atoms with Gasteiger partial charge in [0.05, 0.1) is 11.5 Å². The van der Waals surface area contributed by atoms with Crippen LogP contribution in [0.5, 0.6) is 0 Å². The van der Waals surface area contributed by atoms with Crippen molar-refractivity contribution >= 4 is 11.8 Å². The van der Waals surface area contributed by atoms with Gasteiger partial charge in [0.15, 0.2) is 0 Å². The molecule has 0 saturated heterocycles. The number of ether oxygens (including phenoxy) is 1. The predicted molar refractivity (Wildman–Crippen MR) is 81.6 cm³/mol. The maximum absolute atomic E-state index is 12.0. The minimum absolute atomic E-state index is 0.160. The molecule has 0 atom stereocenters. The van der Waals surface area contributed by atoms with E-state index in [9.17, 15) is 9.59 Å². The summed E-state index contributed by atoms with van der Waals surface area (Å²) < 4.78 is 7.16. The number of hydrogen-bond acceptors (Lipinski definition) is 4. The molecule has 110 valence electrons. The highest BCUT2D eigenvalue weighted by molar-refractivity contribution is 7.99. The van der Waals surface area contributed by atoms with Gasteiger partial charge in [-0.2, -0.15) is 0 Å². The summed E-state index contributed by atoms with van der Waals surface area (Å²) >= 11 is 1.51. The molecule has 1 aliphatic rings. The van der Waals surface area contributed by atoms with Crippen molar-refractivity contribution in [3.05, 3.63) is 62.4 Å². The third-order valence-electron chi connectivity index (χ3n) is 3.40. The second-order valence-electron chi connectivity index (χ2n) is 4.88. The molecule has 2 aromatic rings. The van der Waals surface area contributed by atoms with Crippen molar-refractivity contribution in [2.45, 2.75) is 31.1 Å². The van der Waals surface area contributed by atoms with Crippen molar-refractivity contribution in [1.29, 1.82) is 0 Å². The number of hydrogen-bond donors (Lipinski definition) is 1. The van der Waals surface area contributed by atoms with Crippen molar-refractivity contribution in [2.75, 3.05) is 5.75 Å². The van der Waals surface area contributed by atoms with Gasteiger partial charge < -0.3 is 4.74 Å². The molecule has 1 aromatic heterocycles. The van der Waals surface area contributed by atoms with Gasteiger partial charge in [-0.25, -0.2) is 4.79 Å². The Kier molecular flexibility index (Phi) is 4.26. The molecule has 0 aliphatic carbocycles. The second-order valence-corrected chi connectivity index (χ2v) is 5.98. The maximum atomic E-state index is 12.0. The van der Waals surface area contributed by atoms with E-state index in [-0.39, 0.29) is 12.3 Å². The molecule has 6 heteroatoms. The van der Waals surface area contributed by atoms with Gasteiger partial charge in [-0.15, -0.1) is 11.8 Å². The molecule has 0 unspecified atom stereocenters. The number of H-pyrrole nitrogens is 1. The van der Waals surface area contributed by atoms with Crippen molar-refractivity contribution in [3.8, 4) is 0 Å². The van der Waals surface area contributed by atoms with Gasteiger partial charge in [0.1, 0.15) is 6.73 Å². The zero-order valence-electron chi connectivity index (χ0n) is 11.5. The Morgan fingerprint density at radius 1 is 1.24 bits per heavy atom. The summed E-state index contributed by atoms with van der Waals surface area (Å²) in [5.41, 5.74) is 1.18. The standard InChI is InChI=1S/C15H16N2O3S/c18-14-13-12(7-4-8-21-13)17(15(19)16-14)10-20-9-11-5-2-1-3-6-11/h1-3,5-6H,4,7-10H2,(H,16,18,19). The maximum Gasteiger partial charge on any atom is 0.330 e. The van der Waals surface area contributed by atoms with Gasteiger partial charge in [-0.3, -0.25) is 14.3 Å². The van der Waals surface area contributed by atoms with Gasteiger partial charge in [-0.1, -0.05) is 30.3 Å². The highest BCUT2D eigenvalue weighted by atomic mass is 32.2. The molecule has 1 aliphatic heterocycles. The zero-order valence-corrected chi connectivity index (χ0v) is 12.3. The van der Waals surface area contributed by atoms with Crippen LogP contribution in [-0.4, -0.2) is 15.3 Å². The first kappa shape index (κ1) is 14.2. The van der Waals surface area contributed by atoms with Crippen LogP contribution in [0.3, 0.4) is 0 Å². The Hall–Kier alpha value is -1.79. The van der Waals surface area contributed by atoms with Crippen LogP contribution in [0, 0.1) is 0 Å². The van der Waals surface area contributed by atoms with E-state index in [0.717, 1.165) is 29.9 Å². The molecule has 0 bridgehead atoms. The fraction of sp³-hybridized carbons (Fsp3) is 0.333. The molecule has 0 fully saturated rings. The fourth-order valence-corrected chi connectivity index (χ4v) is 3.43. The van der Waals surface area contributed by atoms with Gasteiger partial charge >= 0.3 is 5.69 Å². The number of nitrogens with one attached hydrogen (secondary N) is 1. The average molecular weight is 304 g/mol. The number of aromatic nitrogens is 2. The van der Waals surface area contributed by atoms with Gasteiger partial charge in [0, 0.05) is 5.69 Å². The highest BCUT2D eigenvalue weighted by Crippen LogP contribution is 2.25. The van der Waals surface area contributed by atoms with Crippen molar-refractivity contribution < 1.29 is 4.74 Å². The van der Waals surface area contributed by atoms with E-state index in [2.05, 4.69) is 4.98 Å². The van der Waals surface area contributed by atoms with Crippen molar-refractivity contribution in [1.82, 2.24) is 9.55 Å². The second kappa shape index (κ2) is 6.32. The SMILES string of the molecule is O=c1[nH]c(=O)n(COCc2ccccc2)c2c1SCCC2. The summed E-state index contributed by atoms with van der Waals surface area (Å²) in [4.78, 5) is 26.8. The Balaban J connectivity index is 1.79. The summed E-state index contributed by atoms with van der Waals surface area (Å²) in [6, 6.07) is 9.79. The highest BCUT2D eigenvalue weighted by Gasteiger charge is 2.18. The molecule has 5 nitrogen and oxygen atoms in total. The molecule has 0 amide bonds. The van der Waals surface area contributed by atoms with E-state index in [1.54, 1.807) is 0 Å². The molecule has 2 heterocycles. The lowest BCUT2D eigenvalue weighted by atomic mass is 10.2. The Labute approximate surface area is 126 Å². The van der Waals surface area contributed by atoms with Crippen LogP contribution in [0.25, 0.3) is 0 Å². The van der Waals surface area contributed by atoms with Gasteiger partial charge in [0.25, 0.3) is 5.56 Å². The zero-order chi connectivity index (χ0) is 14.7. The molecule has 1 aromatic carbocycles. The Bertz CT molecular complexity index is 737. The number of fused-ring (bicyclic) bond motifs is 1. The predicted octanol–water partition coefficient (Wildman–Crippen LogP) is 1.75. The summed E-state index contributed by atoms with van der Waals surface area (Å²) in [5, 5.41) is 0. The monoisotopic (exact) mass is 304 g/mol. The van der Waals surface area contributed by atoms with E-state index in [1.165, 1.54) is 16.3 Å². The smallest absolute Gasteiger partial charge is 0.330 e. The third kappa shape index (κ3) is 3.11. The first-order valence-corrected chi connectivity index (χ1v) is 7.85. The van der Waals surface area contributed by atoms with Crippen LogP contribution >= 0.6 is 11.8 Å². The van der Waals surface area contributed by atoms with Crippen LogP contribution in [0.1, 0.15) is 17.7 Å². The molecule has 3 rings (SSSR count). The number of nitrogens with zero attached hydrogens (tertiary/aromatic N) is 1. The Morgan fingerprint density at radius 3 is 2.86 bits per heavy atom. The molecule has 21 heavy (non-hydrogen) atoms. The molecular formula is C15H16N2O3S. The number of aromatic amines is 1. The average Bonchev–Trinajstić information content (AvgIpc) is 2.51. The third-order valence-corrected chi connectivity index (χ3v) is 4.60. The minimum atomic E-state index is -0.394. The van der Waals surface area contributed by atoms with Crippen LogP contribution in [0.15, 0.2) is 44.8 Å². The van der Waals surface area contributed by atoms with E-state index >= 15 is 0 Å². The number of benzene rings is 1. The molecule has 1 N–H and O–H groups in total. The largest absolute Gasteiger partial charge is 0.356 e. The molecular weight excluding hydrogens is 288 g/mol. The topological polar surface area (TPSA) is 64.1 Å². The lowest BCUT2D eigenvalue weighted by molar-refractivity contribution is 0.0582. The summed E-state index contributed by atoms with van der Waals surface area (Å²) in [7, 11) is 0. The van der Waals surface area contributed by atoms with E-state index in [1.807, 2.05) is 30.3 Å². The van der Waals surface area contributed by atoms with Crippen LogP contribution < -0.4 is 11.2 Å². The van der Waals surface area contributed by atoms with Gasteiger partial charge in [0.2, 0.25) is 0 Å². The van der Waals surface area contributed by atoms with E-state index in [0.29, 0.717) is 11.5 Å². The minimum Gasteiger partial charge on any atom is -0.356 e. The summed E-state index contributed by atoms with van der Waals surface area (Å²) in [5.74, 6) is 0.916. The van der Waals surface area contributed by atoms with E-state index in [4.69, 9.17) is 4.74 Å². The fourth-order valence-electron chi connectivity index (χ4n) is 2.37. The van der Waals surface area contributed by atoms with Crippen LogP contribution in [0.4, 0.5) is 0 Å². The Morgan fingerprint density at radius 2 is 2.05 bits per heavy atom. The quantitative estimate of drug-likeness (QED) is 0.934. The first-order valence-electron chi connectivity index (χ1n) is 6.86. The lowest BCUT2D eigenvalue weighted by Crippen LogP contribution is -2.35. The molecule has 0 saturated carbocycles. The van der Waals surface area contributed by atoms with Gasteiger partial charge in [-0.05, 0) is 24.2 Å². The summed E-state index contributed by atoms with van der Waals surface area (Å²) in [6.07, 6.45) is 1.72.